The Morgan fingerprint density at radius 3 is 1.15 bits per heavy atom. The first-order chi connectivity index (χ1) is 9.57. The number of hydrogen-bond donors (Lipinski definition) is 0. The van der Waals surface area contributed by atoms with Crippen molar-refractivity contribution in [2.45, 2.75) is 0 Å². The second-order valence-corrected chi connectivity index (χ2v) is 9.75. The molecule has 0 bridgehead atoms. The van der Waals surface area contributed by atoms with Crippen LogP contribution in [0, 0.1) is 0 Å². The monoisotopic (exact) mass is 318 g/mol. The fraction of sp³-hybridized carbons (Fsp3) is 0.500. The maximum atomic E-state index is 5.48. The predicted molar refractivity (Wildman–Crippen MR) is 79.3 cm³/mol. The summed E-state index contributed by atoms with van der Waals surface area (Å²) in [4.78, 5) is 0. The summed E-state index contributed by atoms with van der Waals surface area (Å²) in [6.45, 7) is 0. The number of benzene rings is 1. The van der Waals surface area contributed by atoms with Gasteiger partial charge in [-0.05, 0) is 6.07 Å². The van der Waals surface area contributed by atoms with Gasteiger partial charge in [0.15, 0.2) is 0 Å². The molecule has 0 atom stereocenters. The molecule has 0 radical (unpaired) electrons. The van der Waals surface area contributed by atoms with Gasteiger partial charge < -0.3 is 26.6 Å². The van der Waals surface area contributed by atoms with E-state index >= 15 is 0 Å². The molecule has 0 spiro atoms. The van der Waals surface area contributed by atoms with Crippen molar-refractivity contribution in [2.75, 3.05) is 42.7 Å². The summed E-state index contributed by atoms with van der Waals surface area (Å²) >= 11 is 0. The number of rotatable bonds is 8. The summed E-state index contributed by atoms with van der Waals surface area (Å²) in [6.07, 6.45) is 0. The summed E-state index contributed by atoms with van der Waals surface area (Å²) < 4.78 is 32.9. The molecule has 0 amide bonds. The minimum atomic E-state index is -2.89. The molecule has 0 aliphatic rings. The molecule has 20 heavy (non-hydrogen) atoms. The summed E-state index contributed by atoms with van der Waals surface area (Å²) in [5.74, 6) is 0. The van der Waals surface area contributed by atoms with Crippen molar-refractivity contribution in [1.29, 1.82) is 0 Å². The second kappa shape index (κ2) is 7.43. The van der Waals surface area contributed by atoms with Crippen LogP contribution in [0.1, 0.15) is 0 Å². The van der Waals surface area contributed by atoms with Crippen LogP contribution in [-0.4, -0.2) is 60.3 Å². The Morgan fingerprint density at radius 2 is 0.900 bits per heavy atom. The van der Waals surface area contributed by atoms with Crippen LogP contribution in [0.25, 0.3) is 0 Å². The van der Waals surface area contributed by atoms with Crippen molar-refractivity contribution in [3.8, 4) is 0 Å². The molecular weight excluding hydrogens is 296 g/mol. The van der Waals surface area contributed by atoms with Crippen molar-refractivity contribution < 1.29 is 26.6 Å². The molecule has 114 valence electrons. The van der Waals surface area contributed by atoms with Crippen LogP contribution in [0.2, 0.25) is 0 Å². The topological polar surface area (TPSA) is 55.4 Å². The summed E-state index contributed by atoms with van der Waals surface area (Å²) in [7, 11) is 3.64. The zero-order valence-corrected chi connectivity index (χ0v) is 14.8. The minimum Gasteiger partial charge on any atom is -0.373 e. The summed E-state index contributed by atoms with van der Waals surface area (Å²) in [5.41, 5.74) is 0. The van der Waals surface area contributed by atoms with Crippen LogP contribution in [0.5, 0.6) is 0 Å². The van der Waals surface area contributed by atoms with Gasteiger partial charge in [-0.1, -0.05) is 18.2 Å². The molecule has 0 aliphatic carbocycles. The highest BCUT2D eigenvalue weighted by Crippen LogP contribution is 2.10. The zero-order valence-electron chi connectivity index (χ0n) is 12.8. The van der Waals surface area contributed by atoms with E-state index < -0.39 is 17.6 Å². The molecule has 8 heteroatoms. The van der Waals surface area contributed by atoms with Gasteiger partial charge in [0.1, 0.15) is 0 Å². The lowest BCUT2D eigenvalue weighted by molar-refractivity contribution is 0.139. The highest BCUT2D eigenvalue weighted by molar-refractivity contribution is 6.78. The maximum absolute atomic E-state index is 5.48. The Hall–Kier alpha value is -0.586. The van der Waals surface area contributed by atoms with Crippen LogP contribution in [0.3, 0.4) is 0 Å². The van der Waals surface area contributed by atoms with Crippen LogP contribution < -0.4 is 10.4 Å². The van der Waals surface area contributed by atoms with Gasteiger partial charge in [-0.2, -0.15) is 0 Å². The minimum absolute atomic E-state index is 0.825. The third-order valence-corrected chi connectivity index (χ3v) is 8.44. The Labute approximate surface area is 122 Å². The Kier molecular flexibility index (Phi) is 6.49. The fourth-order valence-electron chi connectivity index (χ4n) is 2.11. The Morgan fingerprint density at radius 1 is 0.600 bits per heavy atom. The quantitative estimate of drug-likeness (QED) is 0.622. The smallest absolute Gasteiger partial charge is 0.373 e. The van der Waals surface area contributed by atoms with E-state index in [9.17, 15) is 0 Å². The van der Waals surface area contributed by atoms with E-state index in [2.05, 4.69) is 0 Å². The van der Waals surface area contributed by atoms with Crippen molar-refractivity contribution in [2.24, 2.45) is 0 Å². The molecule has 0 fully saturated rings. The van der Waals surface area contributed by atoms with Crippen LogP contribution in [0.15, 0.2) is 24.3 Å². The van der Waals surface area contributed by atoms with Gasteiger partial charge in [-0.15, -0.1) is 0 Å². The average Bonchev–Trinajstić information content (AvgIpc) is 2.52. The van der Waals surface area contributed by atoms with E-state index in [1.54, 1.807) is 42.7 Å². The molecule has 0 saturated carbocycles. The van der Waals surface area contributed by atoms with Crippen molar-refractivity contribution in [3.63, 3.8) is 0 Å². The van der Waals surface area contributed by atoms with Gasteiger partial charge in [0, 0.05) is 53.0 Å². The summed E-state index contributed by atoms with van der Waals surface area (Å²) in [5, 5.41) is 1.65. The van der Waals surface area contributed by atoms with E-state index in [0.29, 0.717) is 0 Å². The predicted octanol–water partition coefficient (Wildman–Crippen LogP) is -0.143. The first-order valence-electron chi connectivity index (χ1n) is 6.00. The Balaban J connectivity index is 3.32. The average molecular weight is 318 g/mol. The molecule has 0 aromatic heterocycles. The maximum Gasteiger partial charge on any atom is 0.536 e. The van der Waals surface area contributed by atoms with Gasteiger partial charge in [0.25, 0.3) is 0 Å². The van der Waals surface area contributed by atoms with Gasteiger partial charge >= 0.3 is 17.6 Å². The third-order valence-electron chi connectivity index (χ3n) is 3.18. The van der Waals surface area contributed by atoms with Crippen molar-refractivity contribution in [1.82, 2.24) is 0 Å². The van der Waals surface area contributed by atoms with Crippen molar-refractivity contribution >= 4 is 28.0 Å². The lowest BCUT2D eigenvalue weighted by Crippen LogP contribution is -2.59. The van der Waals surface area contributed by atoms with Crippen molar-refractivity contribution in [3.05, 3.63) is 24.3 Å². The van der Waals surface area contributed by atoms with E-state index in [0.717, 1.165) is 10.4 Å². The molecule has 0 N–H and O–H groups in total. The highest BCUT2D eigenvalue weighted by atomic mass is 28.4. The molecule has 0 saturated heterocycles. The molecule has 0 unspecified atom stereocenters. The molecular formula is C12H22O6Si2. The van der Waals surface area contributed by atoms with Crippen LogP contribution in [-0.2, 0) is 26.6 Å². The first kappa shape index (κ1) is 17.5. The molecule has 0 heterocycles. The number of hydrogen-bond acceptors (Lipinski definition) is 6. The van der Waals surface area contributed by atoms with E-state index in [1.165, 1.54) is 0 Å². The SMILES string of the molecule is CO[Si](OC)(OC)c1cccc([Si](OC)(OC)OC)c1. The lowest BCUT2D eigenvalue weighted by Gasteiger charge is -2.28. The molecule has 1 aromatic carbocycles. The fourth-order valence-corrected chi connectivity index (χ4v) is 5.93. The molecule has 1 aromatic rings. The normalized spacial score (nSPS) is 12.7. The van der Waals surface area contributed by atoms with Gasteiger partial charge in [-0.3, -0.25) is 0 Å². The van der Waals surface area contributed by atoms with Gasteiger partial charge in [-0.25, -0.2) is 0 Å². The van der Waals surface area contributed by atoms with E-state index in [4.69, 9.17) is 26.6 Å². The molecule has 6 nitrogen and oxygen atoms in total. The first-order valence-corrected chi connectivity index (χ1v) is 9.45. The largest absolute Gasteiger partial charge is 0.536 e. The standard InChI is InChI=1S/C12H22O6Si2/c1-13-19(14-2,15-3)11-8-7-9-12(10-11)20(16-4,17-5)18-6/h7-10H,1-6H3. The van der Waals surface area contributed by atoms with Gasteiger partial charge in [0.2, 0.25) is 0 Å². The van der Waals surface area contributed by atoms with E-state index in [1.807, 2.05) is 24.3 Å². The molecule has 0 aliphatic heterocycles. The molecule has 1 rings (SSSR count). The summed E-state index contributed by atoms with van der Waals surface area (Å²) in [6, 6.07) is 7.56. The Bertz CT molecular complexity index is 368. The third kappa shape index (κ3) is 3.02. The second-order valence-electron chi connectivity index (χ2n) is 3.92. The zero-order chi connectivity index (χ0) is 15.2. The lowest BCUT2D eigenvalue weighted by atomic mass is 10.4. The van der Waals surface area contributed by atoms with Crippen LogP contribution in [0.4, 0.5) is 0 Å². The van der Waals surface area contributed by atoms with Crippen LogP contribution >= 0.6 is 0 Å². The van der Waals surface area contributed by atoms with Gasteiger partial charge in [0.05, 0.1) is 0 Å². The highest BCUT2D eigenvalue weighted by Gasteiger charge is 2.45. The van der Waals surface area contributed by atoms with E-state index in [-0.39, 0.29) is 0 Å².